The first-order chi connectivity index (χ1) is 11.8. The fraction of sp³-hybridized carbons (Fsp3) is 0.579. The summed E-state index contributed by atoms with van der Waals surface area (Å²) >= 11 is 0. The molecule has 2 N–H and O–H groups in total. The lowest BCUT2D eigenvalue weighted by atomic mass is 10.1. The minimum atomic E-state index is -0.485. The van der Waals surface area contributed by atoms with Gasteiger partial charge < -0.3 is 20.3 Å². The van der Waals surface area contributed by atoms with E-state index >= 15 is 0 Å². The van der Waals surface area contributed by atoms with Crippen LogP contribution >= 0.6 is 0 Å². The second-order valence-corrected chi connectivity index (χ2v) is 6.84. The van der Waals surface area contributed by atoms with Crippen LogP contribution in [0.4, 0.5) is 4.79 Å². The highest BCUT2D eigenvalue weighted by molar-refractivity contribution is 5.80. The Kier molecular flexibility index (Phi) is 8.25. The minimum absolute atomic E-state index is 0.139. The summed E-state index contributed by atoms with van der Waals surface area (Å²) < 4.78 is 5.41. The molecule has 0 heterocycles. The largest absolute Gasteiger partial charge is 0.444 e. The molecule has 6 nitrogen and oxygen atoms in total. The van der Waals surface area contributed by atoms with Crippen molar-refractivity contribution in [1.82, 2.24) is 15.5 Å². The summed E-state index contributed by atoms with van der Waals surface area (Å²) in [4.78, 5) is 18.0. The second kappa shape index (κ2) is 9.91. The Hall–Kier alpha value is -2.24. The summed E-state index contributed by atoms with van der Waals surface area (Å²) in [5.74, 6) is 0.705. The van der Waals surface area contributed by atoms with Gasteiger partial charge in [-0.25, -0.2) is 4.79 Å². The van der Waals surface area contributed by atoms with Crippen LogP contribution in [0.5, 0.6) is 0 Å². The summed E-state index contributed by atoms with van der Waals surface area (Å²) in [6.07, 6.45) is -0.294. The van der Waals surface area contributed by atoms with Gasteiger partial charge in [0, 0.05) is 26.7 Å². The topological polar surface area (TPSA) is 66.0 Å². The van der Waals surface area contributed by atoms with Gasteiger partial charge in [-0.3, -0.25) is 4.99 Å². The average molecular weight is 348 g/mol. The van der Waals surface area contributed by atoms with Crippen molar-refractivity contribution < 1.29 is 9.53 Å². The molecule has 0 fully saturated rings. The van der Waals surface area contributed by atoms with Crippen LogP contribution in [0.3, 0.4) is 0 Å². The van der Waals surface area contributed by atoms with E-state index in [0.717, 1.165) is 0 Å². The normalized spacial score (nSPS) is 13.1. The van der Waals surface area contributed by atoms with Gasteiger partial charge in [0.15, 0.2) is 5.96 Å². The zero-order valence-electron chi connectivity index (χ0n) is 16.3. The SMILES string of the molecule is CCN(CCNC(=NC)NC(C)c1ccccc1)C(=O)OC(C)(C)C. The van der Waals surface area contributed by atoms with Gasteiger partial charge in [0.25, 0.3) is 0 Å². The van der Waals surface area contributed by atoms with E-state index in [2.05, 4.69) is 34.7 Å². The predicted octanol–water partition coefficient (Wildman–Crippen LogP) is 3.17. The highest BCUT2D eigenvalue weighted by Gasteiger charge is 2.20. The molecule has 0 aliphatic rings. The molecule has 25 heavy (non-hydrogen) atoms. The molecule has 1 aromatic carbocycles. The fourth-order valence-corrected chi connectivity index (χ4v) is 2.24. The summed E-state index contributed by atoms with van der Waals surface area (Å²) in [7, 11) is 1.73. The highest BCUT2D eigenvalue weighted by atomic mass is 16.6. The van der Waals surface area contributed by atoms with E-state index in [9.17, 15) is 4.79 Å². The van der Waals surface area contributed by atoms with Crippen LogP contribution in [0.25, 0.3) is 0 Å². The molecule has 1 rings (SSSR count). The summed E-state index contributed by atoms with van der Waals surface area (Å²) in [5.41, 5.74) is 0.704. The van der Waals surface area contributed by atoms with Crippen LogP contribution in [0.1, 0.15) is 46.2 Å². The fourth-order valence-electron chi connectivity index (χ4n) is 2.24. The van der Waals surface area contributed by atoms with E-state index in [1.807, 2.05) is 45.9 Å². The molecule has 0 aliphatic carbocycles. The van der Waals surface area contributed by atoms with E-state index in [0.29, 0.717) is 25.6 Å². The van der Waals surface area contributed by atoms with Crippen LogP contribution in [0.15, 0.2) is 35.3 Å². The maximum atomic E-state index is 12.1. The van der Waals surface area contributed by atoms with E-state index in [4.69, 9.17) is 4.74 Å². The van der Waals surface area contributed by atoms with E-state index in [1.165, 1.54) is 5.56 Å². The third-order valence-corrected chi connectivity index (χ3v) is 3.58. The zero-order valence-corrected chi connectivity index (χ0v) is 16.3. The standard InChI is InChI=1S/C19H32N4O2/c1-7-23(18(24)25-19(3,4)5)14-13-21-17(20-6)22-15(2)16-11-9-8-10-12-16/h8-12,15H,7,13-14H2,1-6H3,(H2,20,21,22). The molecular formula is C19H32N4O2. The minimum Gasteiger partial charge on any atom is -0.444 e. The average Bonchev–Trinajstić information content (AvgIpc) is 2.56. The van der Waals surface area contributed by atoms with Crippen molar-refractivity contribution in [2.45, 2.75) is 46.3 Å². The van der Waals surface area contributed by atoms with Crippen LogP contribution in [0.2, 0.25) is 0 Å². The molecule has 6 heteroatoms. The zero-order chi connectivity index (χ0) is 18.9. The smallest absolute Gasteiger partial charge is 0.410 e. The monoisotopic (exact) mass is 348 g/mol. The molecule has 140 valence electrons. The van der Waals surface area contributed by atoms with Crippen LogP contribution in [-0.2, 0) is 4.74 Å². The predicted molar refractivity (Wildman–Crippen MR) is 103 cm³/mol. The number of benzene rings is 1. The Morgan fingerprint density at radius 2 is 1.92 bits per heavy atom. The van der Waals surface area contributed by atoms with Crippen molar-refractivity contribution in [2.75, 3.05) is 26.7 Å². The molecule has 1 aromatic rings. The van der Waals surface area contributed by atoms with E-state index in [1.54, 1.807) is 11.9 Å². The van der Waals surface area contributed by atoms with Gasteiger partial charge in [0.05, 0.1) is 6.04 Å². The maximum Gasteiger partial charge on any atom is 0.410 e. The second-order valence-electron chi connectivity index (χ2n) is 6.84. The van der Waals surface area contributed by atoms with Gasteiger partial charge in [0.2, 0.25) is 0 Å². The van der Waals surface area contributed by atoms with Crippen LogP contribution < -0.4 is 10.6 Å². The number of nitrogens with zero attached hydrogens (tertiary/aromatic N) is 2. The summed E-state index contributed by atoms with van der Waals surface area (Å²) in [5, 5.41) is 6.59. The lowest BCUT2D eigenvalue weighted by molar-refractivity contribution is 0.0264. The molecule has 1 atom stereocenters. The van der Waals surface area contributed by atoms with Gasteiger partial charge in [0.1, 0.15) is 5.60 Å². The number of carbonyl (C=O) groups excluding carboxylic acids is 1. The van der Waals surface area contributed by atoms with E-state index in [-0.39, 0.29) is 12.1 Å². The molecule has 1 amide bonds. The van der Waals surface area contributed by atoms with Crippen molar-refractivity contribution >= 4 is 12.1 Å². The lowest BCUT2D eigenvalue weighted by Gasteiger charge is -2.27. The number of ether oxygens (including phenoxy) is 1. The molecule has 0 saturated carbocycles. The van der Waals surface area contributed by atoms with Crippen LogP contribution in [-0.4, -0.2) is 49.2 Å². The number of amides is 1. The molecule has 0 bridgehead atoms. The van der Waals surface area contributed by atoms with E-state index < -0.39 is 5.60 Å². The quantitative estimate of drug-likeness (QED) is 0.612. The first-order valence-corrected chi connectivity index (χ1v) is 8.77. The van der Waals surface area contributed by atoms with Crippen molar-refractivity contribution in [3.05, 3.63) is 35.9 Å². The molecule has 0 radical (unpaired) electrons. The summed E-state index contributed by atoms with van der Waals surface area (Å²) in [6, 6.07) is 10.3. The van der Waals surface area contributed by atoms with Gasteiger partial charge >= 0.3 is 6.09 Å². The Balaban J connectivity index is 2.47. The molecular weight excluding hydrogens is 316 g/mol. The number of guanidine groups is 1. The van der Waals surface area contributed by atoms with Crippen molar-refractivity contribution in [3.63, 3.8) is 0 Å². The Bertz CT molecular complexity index is 552. The lowest BCUT2D eigenvalue weighted by Crippen LogP contribution is -2.44. The van der Waals surface area contributed by atoms with Gasteiger partial charge in [-0.05, 0) is 40.2 Å². The number of rotatable bonds is 6. The third kappa shape index (κ3) is 7.92. The highest BCUT2D eigenvalue weighted by Crippen LogP contribution is 2.11. The number of aliphatic imine (C=N–C) groups is 1. The number of nitrogens with one attached hydrogen (secondary N) is 2. The number of likely N-dealkylation sites (N-methyl/N-ethyl adjacent to an activating group) is 1. The molecule has 0 aromatic heterocycles. The first kappa shape index (κ1) is 20.8. The molecule has 0 saturated heterocycles. The number of hydrogen-bond donors (Lipinski definition) is 2. The maximum absolute atomic E-state index is 12.1. The first-order valence-electron chi connectivity index (χ1n) is 8.77. The molecule has 1 unspecified atom stereocenters. The van der Waals surface area contributed by atoms with Crippen molar-refractivity contribution in [1.29, 1.82) is 0 Å². The third-order valence-electron chi connectivity index (χ3n) is 3.58. The Morgan fingerprint density at radius 1 is 1.28 bits per heavy atom. The van der Waals surface area contributed by atoms with Crippen molar-refractivity contribution in [3.8, 4) is 0 Å². The molecule has 0 aliphatic heterocycles. The Labute approximate surface area is 151 Å². The number of hydrogen-bond acceptors (Lipinski definition) is 3. The summed E-state index contributed by atoms with van der Waals surface area (Å²) in [6.45, 7) is 11.4. The van der Waals surface area contributed by atoms with Gasteiger partial charge in [-0.1, -0.05) is 30.3 Å². The molecule has 0 spiro atoms. The van der Waals surface area contributed by atoms with Gasteiger partial charge in [-0.15, -0.1) is 0 Å². The van der Waals surface area contributed by atoms with Gasteiger partial charge in [-0.2, -0.15) is 0 Å². The Morgan fingerprint density at radius 3 is 2.44 bits per heavy atom. The van der Waals surface area contributed by atoms with Crippen LogP contribution in [0, 0.1) is 0 Å². The van der Waals surface area contributed by atoms with Crippen molar-refractivity contribution in [2.24, 2.45) is 4.99 Å². The number of carbonyl (C=O) groups is 1.